The van der Waals surface area contributed by atoms with E-state index in [1.807, 2.05) is 22.7 Å². The molecule has 6 rings (SSSR count). The van der Waals surface area contributed by atoms with E-state index in [0.29, 0.717) is 36.1 Å². The highest BCUT2D eigenvalue weighted by atomic mass is 32.1. The van der Waals surface area contributed by atoms with E-state index in [-0.39, 0.29) is 11.8 Å². The van der Waals surface area contributed by atoms with Crippen molar-refractivity contribution in [2.24, 2.45) is 11.8 Å². The van der Waals surface area contributed by atoms with Crippen LogP contribution in [0.4, 0.5) is 11.4 Å². The molecule has 4 aromatic rings. The Balaban J connectivity index is 1.20. The molecule has 4 heterocycles. The Morgan fingerprint density at radius 2 is 0.688 bits per heavy atom. The molecule has 0 saturated heterocycles. The number of amides is 2. The molecule has 2 aliphatic rings. The van der Waals surface area contributed by atoms with Crippen molar-refractivity contribution in [3.63, 3.8) is 0 Å². The average Bonchev–Trinajstić information content (AvgIpc) is 4.43. The number of benzene rings is 2. The molecule has 4 nitrogen and oxygen atoms in total. The number of aryl methyl sites for hydroxylation is 2. The van der Waals surface area contributed by atoms with Gasteiger partial charge in [-0.05, 0) is 98.9 Å². The fraction of sp³-hybridized carbons (Fsp3) is 0.676. The van der Waals surface area contributed by atoms with Crippen molar-refractivity contribution < 1.29 is 9.59 Å². The maximum Gasteiger partial charge on any atom is 0.259 e. The molecule has 0 N–H and O–H groups in total. The van der Waals surface area contributed by atoms with Gasteiger partial charge in [-0.1, -0.05) is 283 Å². The van der Waals surface area contributed by atoms with Crippen molar-refractivity contribution in [2.75, 3.05) is 22.9 Å². The summed E-state index contributed by atoms with van der Waals surface area (Å²) in [5.74, 6) is 1.43. The summed E-state index contributed by atoms with van der Waals surface area (Å²) in [6, 6.07) is 22.1. The van der Waals surface area contributed by atoms with Crippen molar-refractivity contribution in [1.82, 2.24) is 0 Å². The number of carbonyl (C=O) groups is 2. The normalized spacial score (nSPS) is 14.3. The van der Waals surface area contributed by atoms with E-state index in [0.717, 1.165) is 59.3 Å². The summed E-state index contributed by atoms with van der Waals surface area (Å²) in [4.78, 5) is 40.1. The fourth-order valence-electron chi connectivity index (χ4n) is 13.2. The highest BCUT2D eigenvalue weighted by molar-refractivity contribution is 7.23. The highest BCUT2D eigenvalue weighted by Crippen LogP contribution is 2.49. The minimum absolute atomic E-state index is 0.00768. The predicted octanol–water partition coefficient (Wildman–Crippen LogP) is 24.3. The second-order valence-electron chi connectivity index (χ2n) is 25.1. The van der Waals surface area contributed by atoms with Gasteiger partial charge in [-0.15, -0.1) is 22.7 Å². The molecule has 2 aliphatic heterocycles. The largest absolute Gasteiger partial charge is 0.308 e. The maximum atomic E-state index is 15.5. The summed E-state index contributed by atoms with van der Waals surface area (Å²) in [6.07, 6.45) is 53.0. The summed E-state index contributed by atoms with van der Waals surface area (Å²) in [5, 5.41) is 0. The SMILES string of the molecule is CCCCCCCCCCC(CCCCCCCCCC)CCCN1C(=O)/C(=C2/C(=O)N(CCCC(CCCCCCCCCC)CCCCCCCCCC)c3cc(-c4ccc(-c5ccc(C)s5)s4)ccc32)c2ccc(C)cc21. The van der Waals surface area contributed by atoms with Gasteiger partial charge >= 0.3 is 0 Å². The van der Waals surface area contributed by atoms with Crippen LogP contribution in [0.5, 0.6) is 0 Å². The third-order valence-corrected chi connectivity index (χ3v) is 20.5. The number of unbranched alkanes of at least 4 members (excludes halogenated alkanes) is 28. The summed E-state index contributed by atoms with van der Waals surface area (Å²) in [6.45, 7) is 14.9. The lowest BCUT2D eigenvalue weighted by atomic mass is 9.90. The number of rotatable bonds is 46. The molecule has 0 fully saturated rings. The third-order valence-electron chi connectivity index (χ3n) is 18.2. The first-order chi connectivity index (χ1) is 39.3. The minimum Gasteiger partial charge on any atom is -0.308 e. The molecule has 0 radical (unpaired) electrons. The van der Waals surface area contributed by atoms with Gasteiger partial charge in [-0.3, -0.25) is 9.59 Å². The van der Waals surface area contributed by atoms with E-state index < -0.39 is 0 Å². The van der Waals surface area contributed by atoms with Crippen LogP contribution in [0.15, 0.2) is 60.7 Å². The molecule has 444 valence electrons. The number of nitrogens with zero attached hydrogens (tertiary/aromatic N) is 2. The minimum atomic E-state index is 0.00768. The average molecular weight is 1130 g/mol. The lowest BCUT2D eigenvalue weighted by Crippen LogP contribution is -2.30. The number of hydrogen-bond acceptors (Lipinski definition) is 4. The molecule has 80 heavy (non-hydrogen) atoms. The molecule has 2 aromatic heterocycles. The third kappa shape index (κ3) is 21.6. The zero-order chi connectivity index (χ0) is 56.6. The van der Waals surface area contributed by atoms with Gasteiger partial charge in [0.2, 0.25) is 0 Å². The van der Waals surface area contributed by atoms with Crippen LogP contribution < -0.4 is 9.80 Å². The van der Waals surface area contributed by atoms with Crippen LogP contribution >= 0.6 is 22.7 Å². The van der Waals surface area contributed by atoms with E-state index in [2.05, 4.69) is 112 Å². The van der Waals surface area contributed by atoms with Gasteiger partial charge in [0.25, 0.3) is 11.8 Å². The number of anilines is 2. The van der Waals surface area contributed by atoms with Gasteiger partial charge in [0, 0.05) is 43.7 Å². The first kappa shape index (κ1) is 65.7. The topological polar surface area (TPSA) is 40.6 Å². The summed E-state index contributed by atoms with van der Waals surface area (Å²) in [5.41, 5.74) is 7.34. The highest BCUT2D eigenvalue weighted by Gasteiger charge is 2.42. The molecule has 0 saturated carbocycles. The molecule has 6 heteroatoms. The van der Waals surface area contributed by atoms with Gasteiger partial charge in [-0.25, -0.2) is 0 Å². The van der Waals surface area contributed by atoms with Crippen molar-refractivity contribution in [1.29, 1.82) is 0 Å². The zero-order valence-corrected chi connectivity index (χ0v) is 53.8. The Hall–Kier alpha value is -3.48. The number of fused-ring (bicyclic) bond motifs is 2. The van der Waals surface area contributed by atoms with Gasteiger partial charge in [0.05, 0.1) is 22.5 Å². The second kappa shape index (κ2) is 38.4. The molecule has 0 aliphatic carbocycles. The first-order valence-corrected chi connectivity index (χ1v) is 35.7. The smallest absolute Gasteiger partial charge is 0.259 e. The van der Waals surface area contributed by atoms with Crippen LogP contribution in [-0.4, -0.2) is 24.9 Å². The predicted molar refractivity (Wildman–Crippen MR) is 355 cm³/mol. The number of carbonyl (C=O) groups excluding carboxylic acids is 2. The Labute approximate surface area is 499 Å². The number of thiophene rings is 2. The standard InChI is InChI=1S/C74H114N2O2S2/c1-7-11-15-19-23-27-31-35-41-61(42-36-32-28-24-20-16-12-8-2)45-39-55-75-66-57-59(5)47-50-64(66)71(73(75)77)72-65-51-49-63(68-53-54-70(80-68)69-52-48-60(6)79-69)58-67(65)76(74(72)78)56-40-46-62(43-37-33-29-25-21-17-13-9-3)44-38-34-30-26-22-18-14-10-4/h47-54,57-58,61-62H,7-46,55-56H2,1-6H3/b72-71+. The monoisotopic (exact) mass is 1130 g/mol. The molecule has 0 spiro atoms. The van der Waals surface area contributed by atoms with Gasteiger partial charge in [0.15, 0.2) is 0 Å². The second-order valence-corrected chi connectivity index (χ2v) is 27.4. The lowest BCUT2D eigenvalue weighted by molar-refractivity contribution is -0.114. The van der Waals surface area contributed by atoms with Crippen molar-refractivity contribution >= 4 is 57.0 Å². The number of hydrogen-bond donors (Lipinski definition) is 0. The maximum absolute atomic E-state index is 15.5. The quantitative estimate of drug-likeness (QED) is 0.0327. The molecular formula is C74H114N2O2S2. The Morgan fingerprint density at radius 1 is 0.350 bits per heavy atom. The van der Waals surface area contributed by atoms with E-state index in [4.69, 9.17) is 0 Å². The van der Waals surface area contributed by atoms with Gasteiger partial charge in [-0.2, -0.15) is 0 Å². The van der Waals surface area contributed by atoms with Crippen LogP contribution in [0.25, 0.3) is 31.3 Å². The van der Waals surface area contributed by atoms with Gasteiger partial charge in [0.1, 0.15) is 0 Å². The van der Waals surface area contributed by atoms with E-state index >= 15 is 9.59 Å². The Kier molecular flexibility index (Phi) is 31.5. The summed E-state index contributed by atoms with van der Waals surface area (Å²) >= 11 is 3.68. The van der Waals surface area contributed by atoms with E-state index in [1.54, 1.807) is 0 Å². The Morgan fingerprint density at radius 3 is 1.09 bits per heavy atom. The lowest BCUT2D eigenvalue weighted by Gasteiger charge is -2.21. The van der Waals surface area contributed by atoms with Crippen molar-refractivity contribution in [3.05, 3.63) is 82.2 Å². The summed E-state index contributed by atoms with van der Waals surface area (Å²) < 4.78 is 0. The van der Waals surface area contributed by atoms with Crippen LogP contribution in [0.1, 0.15) is 306 Å². The van der Waals surface area contributed by atoms with E-state index in [1.165, 1.54) is 251 Å². The molecule has 0 atom stereocenters. The molecule has 2 aromatic carbocycles. The van der Waals surface area contributed by atoms with Crippen LogP contribution in [0.3, 0.4) is 0 Å². The van der Waals surface area contributed by atoms with Crippen molar-refractivity contribution in [3.8, 4) is 20.2 Å². The van der Waals surface area contributed by atoms with Crippen LogP contribution in [0.2, 0.25) is 0 Å². The van der Waals surface area contributed by atoms with E-state index in [9.17, 15) is 0 Å². The molecular weight excluding hydrogens is 1010 g/mol. The first-order valence-electron chi connectivity index (χ1n) is 34.1. The molecule has 0 bridgehead atoms. The molecule has 0 unspecified atom stereocenters. The fourth-order valence-corrected chi connectivity index (χ4v) is 15.2. The van der Waals surface area contributed by atoms with Gasteiger partial charge < -0.3 is 9.80 Å². The van der Waals surface area contributed by atoms with Crippen LogP contribution in [0, 0.1) is 25.7 Å². The zero-order valence-electron chi connectivity index (χ0n) is 52.2. The van der Waals surface area contributed by atoms with Crippen molar-refractivity contribution in [2.45, 2.75) is 298 Å². The molecule has 2 amide bonds. The Bertz CT molecular complexity index is 2350. The van der Waals surface area contributed by atoms with Crippen LogP contribution in [-0.2, 0) is 9.59 Å². The summed E-state index contributed by atoms with van der Waals surface area (Å²) in [7, 11) is 0.